The molecule has 0 aliphatic rings. The van der Waals surface area contributed by atoms with E-state index in [0.717, 1.165) is 37.7 Å². The van der Waals surface area contributed by atoms with Crippen LogP contribution in [0.4, 0.5) is 0 Å². The summed E-state index contributed by atoms with van der Waals surface area (Å²) in [4.78, 5) is 17.8. The van der Waals surface area contributed by atoms with Gasteiger partial charge in [0.1, 0.15) is 5.82 Å². The maximum atomic E-state index is 12.8. The number of para-hydroxylation sites is 2. The van der Waals surface area contributed by atoms with E-state index in [0.29, 0.717) is 29.4 Å². The second-order valence-electron chi connectivity index (χ2n) is 12.2. The molecule has 0 aliphatic carbocycles. The molecule has 1 N–H and O–H groups in total. The molecule has 0 fully saturated rings. The molecule has 1 aromatic heterocycles. The number of amides is 1. The number of nitrogens with one attached hydrogen (secondary N) is 1. The smallest absolute Gasteiger partial charge is 0.251 e. The molecule has 2 aromatic carbocycles. The van der Waals surface area contributed by atoms with Gasteiger partial charge in [-0.1, -0.05) is 109 Å². The highest BCUT2D eigenvalue weighted by atomic mass is 16.5. The molecule has 45 heavy (non-hydrogen) atoms. The van der Waals surface area contributed by atoms with Crippen molar-refractivity contribution in [2.75, 3.05) is 27.9 Å². The molecule has 1 heterocycles. The number of imidazole rings is 1. The number of carbonyl (C=O) groups excluding carboxylic acids is 1. The molecular formula is C38H59N3O4. The van der Waals surface area contributed by atoms with Crippen molar-refractivity contribution in [2.45, 2.75) is 129 Å². The lowest BCUT2D eigenvalue weighted by Crippen LogP contribution is -2.24. The van der Waals surface area contributed by atoms with Gasteiger partial charge in [0.05, 0.1) is 32.4 Å². The number of benzene rings is 2. The summed E-state index contributed by atoms with van der Waals surface area (Å²) in [6.07, 6.45) is 23.2. The lowest BCUT2D eigenvalue weighted by molar-refractivity contribution is 0.0952. The number of methoxy groups -OCH3 is 3. The molecule has 0 spiro atoms. The van der Waals surface area contributed by atoms with E-state index in [1.807, 2.05) is 0 Å². The Morgan fingerprint density at radius 2 is 1.27 bits per heavy atom. The normalized spacial score (nSPS) is 11.2. The van der Waals surface area contributed by atoms with Crippen molar-refractivity contribution < 1.29 is 19.0 Å². The maximum Gasteiger partial charge on any atom is 0.251 e. The molecule has 3 rings (SSSR count). The van der Waals surface area contributed by atoms with Crippen molar-refractivity contribution in [1.82, 2.24) is 14.9 Å². The van der Waals surface area contributed by atoms with Gasteiger partial charge in [0.15, 0.2) is 11.5 Å². The number of carbonyl (C=O) groups is 1. The Kier molecular flexibility index (Phi) is 17.3. The van der Waals surface area contributed by atoms with Gasteiger partial charge >= 0.3 is 0 Å². The maximum absolute atomic E-state index is 12.8. The Morgan fingerprint density at radius 1 is 0.711 bits per heavy atom. The van der Waals surface area contributed by atoms with E-state index in [9.17, 15) is 4.79 Å². The van der Waals surface area contributed by atoms with Crippen LogP contribution in [0.15, 0.2) is 36.4 Å². The van der Waals surface area contributed by atoms with Gasteiger partial charge in [-0.25, -0.2) is 4.98 Å². The molecule has 250 valence electrons. The van der Waals surface area contributed by atoms with Crippen molar-refractivity contribution in [1.29, 1.82) is 0 Å². The minimum absolute atomic E-state index is 0.149. The summed E-state index contributed by atoms with van der Waals surface area (Å²) < 4.78 is 18.6. The van der Waals surface area contributed by atoms with E-state index in [-0.39, 0.29) is 5.91 Å². The van der Waals surface area contributed by atoms with Gasteiger partial charge in [-0.3, -0.25) is 4.79 Å². The van der Waals surface area contributed by atoms with E-state index in [1.165, 1.54) is 101 Å². The van der Waals surface area contributed by atoms with Crippen LogP contribution in [0.25, 0.3) is 11.0 Å². The molecule has 7 heteroatoms. The number of nitrogens with zero attached hydrogens (tertiary/aromatic N) is 2. The Balaban J connectivity index is 1.33. The van der Waals surface area contributed by atoms with Crippen LogP contribution >= 0.6 is 0 Å². The van der Waals surface area contributed by atoms with E-state index in [2.05, 4.69) is 41.1 Å². The summed E-state index contributed by atoms with van der Waals surface area (Å²) in [5.41, 5.74) is 2.83. The summed E-state index contributed by atoms with van der Waals surface area (Å²) in [5, 5.41) is 3.03. The van der Waals surface area contributed by atoms with Gasteiger partial charge < -0.3 is 24.1 Å². The van der Waals surface area contributed by atoms with Gasteiger partial charge in [0.2, 0.25) is 5.75 Å². The van der Waals surface area contributed by atoms with Crippen LogP contribution in [0.3, 0.4) is 0 Å². The molecule has 0 saturated carbocycles. The Labute approximate surface area is 272 Å². The van der Waals surface area contributed by atoms with E-state index in [4.69, 9.17) is 19.2 Å². The fourth-order valence-electron chi connectivity index (χ4n) is 6.13. The number of ether oxygens (including phenoxy) is 3. The lowest BCUT2D eigenvalue weighted by Gasteiger charge is -2.14. The predicted octanol–water partition coefficient (Wildman–Crippen LogP) is 9.69. The number of unbranched alkanes of at least 4 members (excludes halogenated alkanes) is 15. The number of hydrogen-bond acceptors (Lipinski definition) is 5. The first kappa shape index (κ1) is 36.3. The SMILES string of the molecule is CCCCCCCCCCCCCCCCn1c(CCCCCNC(=O)c2cc(OC)c(OC)c(OC)c2)nc2ccccc21. The molecule has 0 radical (unpaired) electrons. The average molecular weight is 622 g/mol. The molecule has 0 aliphatic heterocycles. The third-order valence-corrected chi connectivity index (χ3v) is 8.76. The van der Waals surface area contributed by atoms with Gasteiger partial charge in [-0.15, -0.1) is 0 Å². The third-order valence-electron chi connectivity index (χ3n) is 8.76. The topological polar surface area (TPSA) is 74.6 Å². The molecule has 0 bridgehead atoms. The molecule has 0 atom stereocenters. The predicted molar refractivity (Wildman–Crippen MR) is 186 cm³/mol. The van der Waals surface area contributed by atoms with Crippen LogP contribution in [0, 0.1) is 0 Å². The van der Waals surface area contributed by atoms with E-state index >= 15 is 0 Å². The second kappa shape index (κ2) is 21.5. The minimum atomic E-state index is -0.149. The molecule has 1 amide bonds. The van der Waals surface area contributed by atoms with Crippen LogP contribution < -0.4 is 19.5 Å². The highest BCUT2D eigenvalue weighted by Crippen LogP contribution is 2.38. The van der Waals surface area contributed by atoms with Gasteiger partial charge in [0, 0.05) is 25.1 Å². The van der Waals surface area contributed by atoms with Crippen molar-refractivity contribution in [3.8, 4) is 17.2 Å². The van der Waals surface area contributed by atoms with Crippen LogP contribution in [-0.2, 0) is 13.0 Å². The number of aryl methyl sites for hydroxylation is 2. The number of aromatic nitrogens is 2. The first-order valence-corrected chi connectivity index (χ1v) is 17.6. The second-order valence-corrected chi connectivity index (χ2v) is 12.2. The number of hydrogen-bond donors (Lipinski definition) is 1. The van der Waals surface area contributed by atoms with Crippen molar-refractivity contribution in [3.63, 3.8) is 0 Å². The first-order valence-electron chi connectivity index (χ1n) is 17.6. The molecule has 0 unspecified atom stereocenters. The summed E-state index contributed by atoms with van der Waals surface area (Å²) in [7, 11) is 4.65. The summed E-state index contributed by atoms with van der Waals surface area (Å²) in [6.45, 7) is 3.94. The summed E-state index contributed by atoms with van der Waals surface area (Å²) >= 11 is 0. The fourth-order valence-corrected chi connectivity index (χ4v) is 6.13. The largest absolute Gasteiger partial charge is 0.493 e. The van der Waals surface area contributed by atoms with Gasteiger partial charge in [-0.05, 0) is 43.5 Å². The Morgan fingerprint density at radius 3 is 1.84 bits per heavy atom. The minimum Gasteiger partial charge on any atom is -0.493 e. The third kappa shape index (κ3) is 12.2. The van der Waals surface area contributed by atoms with Crippen LogP contribution in [-0.4, -0.2) is 43.3 Å². The van der Waals surface area contributed by atoms with Gasteiger partial charge in [-0.2, -0.15) is 0 Å². The zero-order valence-corrected chi connectivity index (χ0v) is 28.6. The molecule has 3 aromatic rings. The Hall–Kier alpha value is -3.22. The van der Waals surface area contributed by atoms with Crippen LogP contribution in [0.5, 0.6) is 17.2 Å². The fraction of sp³-hybridized carbons (Fsp3) is 0.632. The lowest BCUT2D eigenvalue weighted by atomic mass is 10.0. The monoisotopic (exact) mass is 621 g/mol. The molecular weight excluding hydrogens is 562 g/mol. The molecule has 7 nitrogen and oxygen atoms in total. The Bertz CT molecular complexity index is 1230. The first-order chi connectivity index (χ1) is 22.1. The summed E-state index contributed by atoms with van der Waals surface area (Å²) in [5.74, 6) is 2.46. The molecule has 0 saturated heterocycles. The van der Waals surface area contributed by atoms with Crippen LogP contribution in [0.2, 0.25) is 0 Å². The number of fused-ring (bicyclic) bond motifs is 1. The van der Waals surface area contributed by atoms with E-state index in [1.54, 1.807) is 33.5 Å². The quantitative estimate of drug-likeness (QED) is 0.0954. The zero-order valence-electron chi connectivity index (χ0n) is 28.6. The summed E-state index contributed by atoms with van der Waals surface area (Å²) in [6, 6.07) is 11.9. The van der Waals surface area contributed by atoms with Crippen molar-refractivity contribution >= 4 is 16.9 Å². The van der Waals surface area contributed by atoms with Crippen molar-refractivity contribution in [3.05, 3.63) is 47.8 Å². The van der Waals surface area contributed by atoms with Crippen molar-refractivity contribution in [2.24, 2.45) is 0 Å². The standard InChI is InChI=1S/C38H59N3O4/c1-5-6-7-8-9-10-11-12-13-14-15-16-17-23-28-41-33-25-21-20-24-32(33)40-36(41)26-19-18-22-27-39-38(42)31-29-34(43-2)37(45-4)35(30-31)44-3/h20-21,24-25,29-30H,5-19,22-23,26-28H2,1-4H3,(H,39,42). The zero-order chi connectivity index (χ0) is 32.1. The number of rotatable bonds is 25. The average Bonchev–Trinajstić information content (AvgIpc) is 3.42. The highest BCUT2D eigenvalue weighted by molar-refractivity contribution is 5.95. The van der Waals surface area contributed by atoms with Crippen LogP contribution in [0.1, 0.15) is 132 Å². The van der Waals surface area contributed by atoms with Gasteiger partial charge in [0.25, 0.3) is 5.91 Å². The van der Waals surface area contributed by atoms with E-state index < -0.39 is 0 Å². The highest BCUT2D eigenvalue weighted by Gasteiger charge is 2.17.